The lowest BCUT2D eigenvalue weighted by molar-refractivity contribution is -0.0307. The Kier molecular flexibility index (Phi) is 5.29. The molecule has 0 heterocycles. The van der Waals surface area contributed by atoms with Crippen molar-refractivity contribution in [3.05, 3.63) is 29.8 Å². The van der Waals surface area contributed by atoms with E-state index in [1.807, 2.05) is 6.92 Å². The Bertz CT molecular complexity index is 697. The number of aliphatic hydroxyl groups excluding tert-OH is 1. The third kappa shape index (κ3) is 3.64. The molecule has 2 saturated carbocycles. The predicted molar refractivity (Wildman–Crippen MR) is 97.7 cm³/mol. The highest BCUT2D eigenvalue weighted by molar-refractivity contribution is 7.86. The van der Waals surface area contributed by atoms with Gasteiger partial charge in [0.1, 0.15) is 0 Å². The zero-order valence-corrected chi connectivity index (χ0v) is 16.3. The summed E-state index contributed by atoms with van der Waals surface area (Å²) in [6.45, 7) is 6.50. The number of hydrogen-bond donors (Lipinski definition) is 1. The highest BCUT2D eigenvalue weighted by atomic mass is 32.2. The number of aliphatic hydroxyl groups is 1. The summed E-state index contributed by atoms with van der Waals surface area (Å²) in [7, 11) is -3.71. The minimum absolute atomic E-state index is 0.105. The second-order valence-corrected chi connectivity index (χ2v) is 9.90. The van der Waals surface area contributed by atoms with E-state index in [1.165, 1.54) is 0 Å². The van der Waals surface area contributed by atoms with E-state index in [0.29, 0.717) is 11.8 Å². The van der Waals surface area contributed by atoms with Crippen molar-refractivity contribution in [1.82, 2.24) is 0 Å². The fourth-order valence-corrected chi connectivity index (χ4v) is 6.21. The molecule has 2 aliphatic rings. The molecule has 0 aliphatic heterocycles. The van der Waals surface area contributed by atoms with Gasteiger partial charge >= 0.3 is 0 Å². The van der Waals surface area contributed by atoms with Gasteiger partial charge in [-0.15, -0.1) is 0 Å². The molecule has 2 aliphatic carbocycles. The van der Waals surface area contributed by atoms with Gasteiger partial charge in [0.2, 0.25) is 0 Å². The first-order valence-corrected chi connectivity index (χ1v) is 10.8. The molecule has 3 rings (SSSR count). The molecule has 3 unspecified atom stereocenters. The molecule has 1 aromatic rings. The minimum atomic E-state index is -3.71. The Balaban J connectivity index is 1.66. The van der Waals surface area contributed by atoms with Crippen molar-refractivity contribution >= 4 is 10.1 Å². The molecule has 25 heavy (non-hydrogen) atoms. The first kappa shape index (κ1) is 18.9. The second kappa shape index (κ2) is 7.01. The summed E-state index contributed by atoms with van der Waals surface area (Å²) < 4.78 is 30.2. The van der Waals surface area contributed by atoms with Gasteiger partial charge in [0.25, 0.3) is 10.1 Å². The SMILES string of the molecule is Cc1ccc(S(=O)(=O)OC[C@@H](C)[C@H]2CCC3C(O)CCCC32C)cc1. The summed E-state index contributed by atoms with van der Waals surface area (Å²) in [6, 6.07) is 6.76. The van der Waals surface area contributed by atoms with Gasteiger partial charge in [-0.1, -0.05) is 38.0 Å². The van der Waals surface area contributed by atoms with E-state index in [4.69, 9.17) is 4.18 Å². The van der Waals surface area contributed by atoms with Crippen LogP contribution in [0, 0.1) is 30.1 Å². The Hall–Kier alpha value is -0.910. The molecule has 2 fully saturated rings. The largest absolute Gasteiger partial charge is 0.393 e. The van der Waals surface area contributed by atoms with Crippen molar-refractivity contribution in [1.29, 1.82) is 0 Å². The second-order valence-electron chi connectivity index (χ2n) is 8.28. The number of rotatable bonds is 5. The van der Waals surface area contributed by atoms with Gasteiger partial charge in [-0.25, -0.2) is 0 Å². The number of fused-ring (bicyclic) bond motifs is 1. The lowest BCUT2D eigenvalue weighted by Gasteiger charge is -2.45. The molecule has 0 spiro atoms. The molecule has 0 amide bonds. The van der Waals surface area contributed by atoms with Crippen LogP contribution in [-0.2, 0) is 14.3 Å². The molecule has 5 atom stereocenters. The van der Waals surface area contributed by atoms with Crippen molar-refractivity contribution in [2.45, 2.75) is 63.9 Å². The molecule has 0 radical (unpaired) electrons. The summed E-state index contributed by atoms with van der Waals surface area (Å²) in [5.41, 5.74) is 1.13. The maximum Gasteiger partial charge on any atom is 0.296 e. The molecule has 0 aromatic heterocycles. The third-order valence-electron chi connectivity index (χ3n) is 6.65. The van der Waals surface area contributed by atoms with Gasteiger partial charge in [-0.2, -0.15) is 8.42 Å². The number of aryl methyl sites for hydroxylation is 1. The van der Waals surface area contributed by atoms with Crippen molar-refractivity contribution in [3.8, 4) is 0 Å². The third-order valence-corrected chi connectivity index (χ3v) is 7.94. The van der Waals surface area contributed by atoms with Crippen LogP contribution >= 0.6 is 0 Å². The van der Waals surface area contributed by atoms with Crippen LogP contribution in [0.5, 0.6) is 0 Å². The maximum absolute atomic E-state index is 12.4. The lowest BCUT2D eigenvalue weighted by Crippen LogP contribution is -2.42. The van der Waals surface area contributed by atoms with Crippen LogP contribution in [0.2, 0.25) is 0 Å². The summed E-state index contributed by atoms with van der Waals surface area (Å²) in [4.78, 5) is 0.217. The quantitative estimate of drug-likeness (QED) is 0.803. The first-order valence-electron chi connectivity index (χ1n) is 9.38. The van der Waals surface area contributed by atoms with E-state index < -0.39 is 10.1 Å². The zero-order valence-electron chi connectivity index (χ0n) is 15.4. The molecular formula is C20H30O4S. The van der Waals surface area contributed by atoms with Crippen LogP contribution in [0.15, 0.2) is 29.2 Å². The van der Waals surface area contributed by atoms with Crippen LogP contribution in [0.3, 0.4) is 0 Å². The summed E-state index contributed by atoms with van der Waals surface area (Å²) in [6.07, 6.45) is 4.96. The van der Waals surface area contributed by atoms with Gasteiger partial charge in [0.05, 0.1) is 17.6 Å². The van der Waals surface area contributed by atoms with E-state index >= 15 is 0 Å². The van der Waals surface area contributed by atoms with Crippen molar-refractivity contribution in [2.24, 2.45) is 23.2 Å². The highest BCUT2D eigenvalue weighted by Gasteiger charge is 2.52. The summed E-state index contributed by atoms with van der Waals surface area (Å²) in [5, 5.41) is 10.3. The predicted octanol–water partition coefficient (Wildman–Crippen LogP) is 3.91. The Morgan fingerprint density at radius 3 is 2.60 bits per heavy atom. The topological polar surface area (TPSA) is 63.6 Å². The molecule has 1 N–H and O–H groups in total. The fraction of sp³-hybridized carbons (Fsp3) is 0.700. The van der Waals surface area contributed by atoms with E-state index in [-0.39, 0.29) is 28.9 Å². The number of benzene rings is 1. The molecule has 1 aromatic carbocycles. The Morgan fingerprint density at radius 1 is 1.24 bits per heavy atom. The van der Waals surface area contributed by atoms with E-state index in [2.05, 4.69) is 13.8 Å². The van der Waals surface area contributed by atoms with E-state index in [9.17, 15) is 13.5 Å². The van der Waals surface area contributed by atoms with Crippen LogP contribution in [-0.4, -0.2) is 26.2 Å². The van der Waals surface area contributed by atoms with Crippen LogP contribution in [0.1, 0.15) is 51.5 Å². The average molecular weight is 367 g/mol. The van der Waals surface area contributed by atoms with Crippen LogP contribution in [0.25, 0.3) is 0 Å². The molecule has 0 saturated heterocycles. The molecule has 0 bridgehead atoms. The minimum Gasteiger partial charge on any atom is -0.393 e. The zero-order chi connectivity index (χ0) is 18.2. The highest BCUT2D eigenvalue weighted by Crippen LogP contribution is 2.57. The molecule has 140 valence electrons. The Morgan fingerprint density at radius 2 is 1.92 bits per heavy atom. The number of hydrogen-bond acceptors (Lipinski definition) is 4. The van der Waals surface area contributed by atoms with Gasteiger partial charge in [0.15, 0.2) is 0 Å². The first-order chi connectivity index (χ1) is 11.7. The van der Waals surface area contributed by atoms with Crippen molar-refractivity contribution < 1.29 is 17.7 Å². The van der Waals surface area contributed by atoms with E-state index in [1.54, 1.807) is 24.3 Å². The summed E-state index contributed by atoms with van der Waals surface area (Å²) >= 11 is 0. The lowest BCUT2D eigenvalue weighted by atomic mass is 9.62. The molecule has 4 nitrogen and oxygen atoms in total. The standard InChI is InChI=1S/C20H30O4S/c1-14-6-8-16(9-7-14)25(22,23)24-13-15(2)17-10-11-18-19(21)5-4-12-20(17,18)3/h6-9,15,17-19,21H,4-5,10-13H2,1-3H3/t15-,17-,18?,19?,20?/m1/s1. The van der Waals surface area contributed by atoms with Crippen LogP contribution in [0.4, 0.5) is 0 Å². The van der Waals surface area contributed by atoms with Gasteiger partial charge in [-0.05, 0) is 67.9 Å². The summed E-state index contributed by atoms with van der Waals surface area (Å²) in [5.74, 6) is 0.906. The van der Waals surface area contributed by atoms with Gasteiger partial charge in [0, 0.05) is 0 Å². The van der Waals surface area contributed by atoms with Crippen molar-refractivity contribution in [3.63, 3.8) is 0 Å². The monoisotopic (exact) mass is 366 g/mol. The normalized spacial score (nSPS) is 33.8. The van der Waals surface area contributed by atoms with Gasteiger partial charge in [-0.3, -0.25) is 4.18 Å². The van der Waals surface area contributed by atoms with Gasteiger partial charge < -0.3 is 5.11 Å². The van der Waals surface area contributed by atoms with Crippen molar-refractivity contribution in [2.75, 3.05) is 6.61 Å². The maximum atomic E-state index is 12.4. The molecule has 5 heteroatoms. The Labute approximate surface area is 151 Å². The molecular weight excluding hydrogens is 336 g/mol. The van der Waals surface area contributed by atoms with Crippen LogP contribution < -0.4 is 0 Å². The fourth-order valence-electron chi connectivity index (χ4n) is 5.21. The smallest absolute Gasteiger partial charge is 0.296 e. The average Bonchev–Trinajstić information content (AvgIpc) is 2.92. The van der Waals surface area contributed by atoms with E-state index in [0.717, 1.165) is 37.7 Å².